The lowest BCUT2D eigenvalue weighted by Crippen LogP contribution is -2.24. The van der Waals surface area contributed by atoms with E-state index in [2.05, 4.69) is 25.6 Å². The van der Waals surface area contributed by atoms with Crippen LogP contribution in [-0.2, 0) is 26.4 Å². The molecule has 0 bridgehead atoms. The lowest BCUT2D eigenvalue weighted by Gasteiger charge is -2.01. The van der Waals surface area contributed by atoms with Gasteiger partial charge in [-0.1, -0.05) is 13.8 Å². The topological polar surface area (TPSA) is 88.5 Å². The Morgan fingerprint density at radius 1 is 1.42 bits per heavy atom. The van der Waals surface area contributed by atoms with Crippen LogP contribution < -0.4 is 5.32 Å². The molecule has 0 unspecified atom stereocenters. The molecule has 0 spiro atoms. The van der Waals surface area contributed by atoms with Crippen LogP contribution in [0.4, 0.5) is 0 Å². The van der Waals surface area contributed by atoms with Gasteiger partial charge in [-0.2, -0.15) is 5.10 Å². The first-order valence-corrected chi connectivity index (χ1v) is 6.34. The highest BCUT2D eigenvalue weighted by Crippen LogP contribution is 2.06. The van der Waals surface area contributed by atoms with Crippen molar-refractivity contribution in [1.82, 2.24) is 30.3 Å². The average Bonchev–Trinajstić information content (AvgIpc) is 3.01. The van der Waals surface area contributed by atoms with Crippen molar-refractivity contribution >= 4 is 5.91 Å². The van der Waals surface area contributed by atoms with Gasteiger partial charge in [-0.3, -0.25) is 14.6 Å². The molecule has 0 aliphatic heterocycles. The van der Waals surface area contributed by atoms with Crippen molar-refractivity contribution in [3.8, 4) is 0 Å². The third kappa shape index (κ3) is 2.98. The zero-order chi connectivity index (χ0) is 13.8. The van der Waals surface area contributed by atoms with Crippen molar-refractivity contribution in [3.05, 3.63) is 29.1 Å². The molecule has 2 aromatic heterocycles. The SMILES string of the molecule is CCc1nc(C(=O)NCc2cn(C)nc2CC)n[nH]1. The van der Waals surface area contributed by atoms with E-state index in [1.807, 2.05) is 27.1 Å². The van der Waals surface area contributed by atoms with E-state index in [0.29, 0.717) is 12.4 Å². The highest BCUT2D eigenvalue weighted by molar-refractivity contribution is 5.90. The van der Waals surface area contributed by atoms with Gasteiger partial charge in [-0.25, -0.2) is 4.98 Å². The van der Waals surface area contributed by atoms with E-state index in [4.69, 9.17) is 0 Å². The Kier molecular flexibility index (Phi) is 3.94. The van der Waals surface area contributed by atoms with E-state index < -0.39 is 0 Å². The van der Waals surface area contributed by atoms with Gasteiger partial charge in [0, 0.05) is 31.8 Å². The number of rotatable bonds is 5. The van der Waals surface area contributed by atoms with E-state index in [1.165, 1.54) is 0 Å². The molecule has 102 valence electrons. The van der Waals surface area contributed by atoms with Crippen molar-refractivity contribution in [2.45, 2.75) is 33.2 Å². The third-order valence-electron chi connectivity index (χ3n) is 2.84. The molecule has 0 radical (unpaired) electrons. The smallest absolute Gasteiger partial charge is 0.291 e. The van der Waals surface area contributed by atoms with Gasteiger partial charge in [-0.05, 0) is 6.42 Å². The van der Waals surface area contributed by atoms with E-state index in [0.717, 1.165) is 24.1 Å². The Balaban J connectivity index is 1.99. The van der Waals surface area contributed by atoms with Crippen LogP contribution in [0.25, 0.3) is 0 Å². The summed E-state index contributed by atoms with van der Waals surface area (Å²) in [5, 5.41) is 13.7. The van der Waals surface area contributed by atoms with Crippen LogP contribution in [0, 0.1) is 0 Å². The van der Waals surface area contributed by atoms with E-state index in [1.54, 1.807) is 4.68 Å². The van der Waals surface area contributed by atoms with Gasteiger partial charge in [0.15, 0.2) is 0 Å². The molecule has 0 aliphatic carbocycles. The van der Waals surface area contributed by atoms with Gasteiger partial charge >= 0.3 is 0 Å². The number of aryl methyl sites for hydroxylation is 3. The minimum atomic E-state index is -0.276. The normalized spacial score (nSPS) is 10.7. The molecular weight excluding hydrogens is 244 g/mol. The number of amides is 1. The molecule has 7 nitrogen and oxygen atoms in total. The van der Waals surface area contributed by atoms with Crippen molar-refractivity contribution in [3.63, 3.8) is 0 Å². The Hall–Kier alpha value is -2.18. The summed E-state index contributed by atoms with van der Waals surface area (Å²) in [5.41, 5.74) is 2.01. The fraction of sp³-hybridized carbons (Fsp3) is 0.500. The van der Waals surface area contributed by atoms with Gasteiger partial charge in [-0.15, -0.1) is 5.10 Å². The van der Waals surface area contributed by atoms with Crippen LogP contribution >= 0.6 is 0 Å². The second-order valence-corrected chi connectivity index (χ2v) is 4.27. The minimum absolute atomic E-state index is 0.179. The predicted octanol–water partition coefficient (Wildman–Crippen LogP) is 0.593. The summed E-state index contributed by atoms with van der Waals surface area (Å²) in [6.07, 6.45) is 3.48. The number of carbonyl (C=O) groups is 1. The standard InChI is InChI=1S/C12H18N6O/c1-4-9-8(7-18(3)17-9)6-13-12(19)11-14-10(5-2)15-16-11/h7H,4-6H2,1-3H3,(H,13,19)(H,14,15,16). The van der Waals surface area contributed by atoms with E-state index >= 15 is 0 Å². The predicted molar refractivity (Wildman–Crippen MR) is 69.5 cm³/mol. The molecule has 2 rings (SSSR count). The van der Waals surface area contributed by atoms with Gasteiger partial charge in [0.2, 0.25) is 5.82 Å². The molecule has 19 heavy (non-hydrogen) atoms. The quantitative estimate of drug-likeness (QED) is 0.825. The molecule has 2 heterocycles. The molecule has 0 aliphatic rings. The summed E-state index contributed by atoms with van der Waals surface area (Å²) in [6.45, 7) is 4.42. The Labute approximate surface area is 111 Å². The summed E-state index contributed by atoms with van der Waals surface area (Å²) >= 11 is 0. The number of aromatic nitrogens is 5. The van der Waals surface area contributed by atoms with Gasteiger partial charge in [0.1, 0.15) is 5.82 Å². The molecule has 0 saturated heterocycles. The first-order valence-electron chi connectivity index (χ1n) is 6.34. The van der Waals surface area contributed by atoms with Crippen molar-refractivity contribution < 1.29 is 4.79 Å². The summed E-state index contributed by atoms with van der Waals surface area (Å²) in [7, 11) is 1.87. The van der Waals surface area contributed by atoms with Gasteiger partial charge in [0.25, 0.3) is 5.91 Å². The van der Waals surface area contributed by atoms with Crippen molar-refractivity contribution in [2.24, 2.45) is 7.05 Å². The maximum Gasteiger partial charge on any atom is 0.291 e. The highest BCUT2D eigenvalue weighted by atomic mass is 16.2. The van der Waals surface area contributed by atoms with Crippen LogP contribution in [0.3, 0.4) is 0 Å². The van der Waals surface area contributed by atoms with Crippen molar-refractivity contribution in [1.29, 1.82) is 0 Å². The first-order chi connectivity index (χ1) is 9.13. The largest absolute Gasteiger partial charge is 0.345 e. The Bertz CT molecular complexity index is 571. The number of carbonyl (C=O) groups excluding carboxylic acids is 1. The van der Waals surface area contributed by atoms with Gasteiger partial charge in [0.05, 0.1) is 5.69 Å². The van der Waals surface area contributed by atoms with Crippen LogP contribution in [-0.4, -0.2) is 30.9 Å². The molecule has 1 amide bonds. The minimum Gasteiger partial charge on any atom is -0.345 e. The fourth-order valence-corrected chi connectivity index (χ4v) is 1.84. The number of nitrogens with one attached hydrogen (secondary N) is 2. The summed E-state index contributed by atoms with van der Waals surface area (Å²) < 4.78 is 1.75. The number of aromatic amines is 1. The monoisotopic (exact) mass is 262 g/mol. The maximum absolute atomic E-state index is 11.9. The first kappa shape index (κ1) is 13.3. The number of hydrogen-bond donors (Lipinski definition) is 2. The fourth-order valence-electron chi connectivity index (χ4n) is 1.84. The lowest BCUT2D eigenvalue weighted by atomic mass is 10.2. The Morgan fingerprint density at radius 2 is 2.21 bits per heavy atom. The number of H-pyrrole nitrogens is 1. The second kappa shape index (κ2) is 5.64. The molecular formula is C12H18N6O. The van der Waals surface area contributed by atoms with Crippen LogP contribution in [0.15, 0.2) is 6.20 Å². The summed E-state index contributed by atoms with van der Waals surface area (Å²) in [5.74, 6) is 0.612. The molecule has 2 N–H and O–H groups in total. The van der Waals surface area contributed by atoms with Crippen LogP contribution in [0.1, 0.15) is 41.5 Å². The molecule has 2 aromatic rings. The number of hydrogen-bond acceptors (Lipinski definition) is 4. The summed E-state index contributed by atoms with van der Waals surface area (Å²) in [6, 6.07) is 0. The third-order valence-corrected chi connectivity index (χ3v) is 2.84. The molecule has 7 heteroatoms. The maximum atomic E-state index is 11.9. The Morgan fingerprint density at radius 3 is 2.84 bits per heavy atom. The van der Waals surface area contributed by atoms with Crippen LogP contribution in [0.2, 0.25) is 0 Å². The molecule has 0 saturated carbocycles. The average molecular weight is 262 g/mol. The zero-order valence-corrected chi connectivity index (χ0v) is 11.4. The molecule has 0 aromatic carbocycles. The van der Waals surface area contributed by atoms with Crippen LogP contribution in [0.5, 0.6) is 0 Å². The lowest BCUT2D eigenvalue weighted by molar-refractivity contribution is 0.0941. The second-order valence-electron chi connectivity index (χ2n) is 4.27. The molecule has 0 atom stereocenters. The van der Waals surface area contributed by atoms with E-state index in [-0.39, 0.29) is 11.7 Å². The number of nitrogens with zero attached hydrogens (tertiary/aromatic N) is 4. The zero-order valence-electron chi connectivity index (χ0n) is 11.4. The van der Waals surface area contributed by atoms with Crippen molar-refractivity contribution in [2.75, 3.05) is 0 Å². The van der Waals surface area contributed by atoms with Gasteiger partial charge < -0.3 is 5.32 Å². The molecule has 0 fully saturated rings. The highest BCUT2D eigenvalue weighted by Gasteiger charge is 2.13. The van der Waals surface area contributed by atoms with E-state index in [9.17, 15) is 4.79 Å². The summed E-state index contributed by atoms with van der Waals surface area (Å²) in [4.78, 5) is 16.0.